The van der Waals surface area contributed by atoms with Crippen molar-refractivity contribution in [3.05, 3.63) is 20.4 Å². The van der Waals surface area contributed by atoms with Crippen LogP contribution in [0.1, 0.15) is 9.23 Å². The predicted octanol–water partition coefficient (Wildman–Crippen LogP) is 2.51. The van der Waals surface area contributed by atoms with E-state index in [2.05, 4.69) is 26.7 Å². The van der Waals surface area contributed by atoms with Gasteiger partial charge < -0.3 is 0 Å². The number of methoxy groups -OCH3 is 1. The van der Waals surface area contributed by atoms with Gasteiger partial charge in [-0.15, -0.1) is 0 Å². The molecule has 0 unspecified atom stereocenters. The van der Waals surface area contributed by atoms with E-state index in [1.165, 1.54) is 16.1 Å². The maximum atomic E-state index is 11.2. The van der Waals surface area contributed by atoms with Gasteiger partial charge in [0.2, 0.25) is 0 Å². The molecule has 0 saturated heterocycles. The minimum absolute atomic E-state index is 0.130. The zero-order valence-corrected chi connectivity index (χ0v) is 10.8. The zero-order chi connectivity index (χ0) is 9.42. The van der Waals surface area contributed by atoms with Gasteiger partial charge in [-0.3, -0.25) is 0 Å². The van der Waals surface area contributed by atoms with Gasteiger partial charge in [-0.25, -0.2) is 0 Å². The molecule has 0 N–H and O–H groups in total. The minimum atomic E-state index is -0.195. The Labute approximate surface area is 93.4 Å². The van der Waals surface area contributed by atoms with Gasteiger partial charge in [0, 0.05) is 0 Å². The molecule has 0 spiro atoms. The number of carbonyl (C=O) groups is 1. The molecule has 2 nitrogen and oxygen atoms in total. The van der Waals surface area contributed by atoms with Gasteiger partial charge in [-0.2, -0.15) is 0 Å². The van der Waals surface area contributed by atoms with Crippen LogP contribution < -0.4 is 0 Å². The summed E-state index contributed by atoms with van der Waals surface area (Å²) < 4.78 is 9.06. The number of ether oxygens (including phenoxy) is 1. The molecule has 0 radical (unpaired) electrons. The van der Waals surface area contributed by atoms with Crippen LogP contribution in [-0.2, 0) is 4.74 Å². The average Bonchev–Trinajstić information content (AvgIpc) is 2.59. The van der Waals surface area contributed by atoms with Crippen LogP contribution in [0.15, 0.2) is 15.9 Å². The molecule has 2 aromatic rings. The van der Waals surface area contributed by atoms with Crippen molar-refractivity contribution in [2.24, 2.45) is 0 Å². The Bertz CT molecular complexity index is 428. The molecular weight excluding hydrogens is 319 g/mol. The summed E-state index contributed by atoms with van der Waals surface area (Å²) in [6.07, 6.45) is 0. The van der Waals surface area contributed by atoms with Crippen LogP contribution in [0, 0.1) is 0 Å². The number of esters is 1. The average molecular weight is 324 g/mol. The molecule has 2 aromatic heterocycles. The van der Waals surface area contributed by atoms with Crippen molar-refractivity contribution in [1.82, 2.24) is 0 Å². The van der Waals surface area contributed by atoms with E-state index < -0.39 is 0 Å². The molecule has 68 valence electrons. The Morgan fingerprint density at radius 2 is 2.38 bits per heavy atom. The van der Waals surface area contributed by atoms with E-state index in [1.807, 2.05) is 6.07 Å². The third kappa shape index (κ3) is 1.74. The van der Waals surface area contributed by atoms with Gasteiger partial charge in [0.1, 0.15) is 0 Å². The second-order valence-electron chi connectivity index (χ2n) is 2.38. The van der Waals surface area contributed by atoms with Crippen LogP contribution >= 0.6 is 27.3 Å². The van der Waals surface area contributed by atoms with Crippen LogP contribution in [0.4, 0.5) is 0 Å². The molecule has 0 fully saturated rings. The van der Waals surface area contributed by atoms with E-state index in [-0.39, 0.29) is 20.5 Å². The Kier molecular flexibility index (Phi) is 2.60. The van der Waals surface area contributed by atoms with Crippen molar-refractivity contribution < 1.29 is 9.53 Å². The molecule has 13 heavy (non-hydrogen) atoms. The van der Waals surface area contributed by atoms with Gasteiger partial charge in [0.25, 0.3) is 0 Å². The second kappa shape index (κ2) is 3.58. The number of rotatable bonds is 1. The molecule has 0 aliphatic rings. The van der Waals surface area contributed by atoms with Gasteiger partial charge in [0.15, 0.2) is 0 Å². The summed E-state index contributed by atoms with van der Waals surface area (Å²) in [5.74, 6) is -0.195. The molecule has 5 heteroatoms. The summed E-state index contributed by atoms with van der Waals surface area (Å²) >= 11 is 5.20. The summed E-state index contributed by atoms with van der Waals surface area (Å²) in [6, 6.07) is 4.00. The maximum absolute atomic E-state index is 11.2. The number of halogens is 1. The Hall–Kier alpha value is -0.0905. The molecular formula is C8H5BrO2SSe. The van der Waals surface area contributed by atoms with E-state index in [0.29, 0.717) is 0 Å². The van der Waals surface area contributed by atoms with Gasteiger partial charge in [-0.05, 0) is 0 Å². The van der Waals surface area contributed by atoms with E-state index in [1.54, 1.807) is 11.3 Å². The second-order valence-corrected chi connectivity index (χ2v) is 7.12. The van der Waals surface area contributed by atoms with E-state index >= 15 is 0 Å². The SMILES string of the molecule is COC(=O)c1cc2sc(Br)cc2[se]1. The molecule has 2 rings (SSSR count). The van der Waals surface area contributed by atoms with Crippen molar-refractivity contribution in [2.45, 2.75) is 0 Å². The first-order chi connectivity index (χ1) is 6.20. The molecule has 2 heterocycles. The van der Waals surface area contributed by atoms with Crippen LogP contribution in [0.2, 0.25) is 0 Å². The van der Waals surface area contributed by atoms with Gasteiger partial charge in [-0.1, -0.05) is 0 Å². The van der Waals surface area contributed by atoms with Crippen LogP contribution in [-0.4, -0.2) is 27.6 Å². The molecule has 0 bridgehead atoms. The van der Waals surface area contributed by atoms with Crippen molar-refractivity contribution >= 4 is 56.7 Å². The van der Waals surface area contributed by atoms with Crippen molar-refractivity contribution in [2.75, 3.05) is 7.11 Å². The fourth-order valence-electron chi connectivity index (χ4n) is 1.01. The first kappa shape index (κ1) is 9.46. The summed E-state index contributed by atoms with van der Waals surface area (Å²) in [5, 5.41) is 0. The summed E-state index contributed by atoms with van der Waals surface area (Å²) in [7, 11) is 1.42. The van der Waals surface area contributed by atoms with Crippen LogP contribution in [0.25, 0.3) is 8.96 Å². The summed E-state index contributed by atoms with van der Waals surface area (Å²) in [5.41, 5.74) is 0. The number of carbonyl (C=O) groups excluding carboxylic acids is 1. The number of fused-ring (bicyclic) bond motifs is 1. The number of thiophene rings is 1. The van der Waals surface area contributed by atoms with E-state index in [9.17, 15) is 4.79 Å². The molecule has 0 aliphatic heterocycles. The summed E-state index contributed by atoms with van der Waals surface area (Å²) in [4.78, 5) is 11.2. The van der Waals surface area contributed by atoms with E-state index in [0.717, 1.165) is 8.22 Å². The third-order valence-corrected chi connectivity index (χ3v) is 5.67. The number of hydrogen-bond acceptors (Lipinski definition) is 3. The molecule has 0 amide bonds. The first-order valence-electron chi connectivity index (χ1n) is 3.48. The normalized spacial score (nSPS) is 10.6. The summed E-state index contributed by atoms with van der Waals surface area (Å²) in [6.45, 7) is 0. The monoisotopic (exact) mass is 324 g/mol. The standard InChI is InChI=1S/C8H5BrO2SSe/c1-11-8(10)6-2-4-5(13-6)3-7(9)12-4/h2-3H,1H3. The number of hydrogen-bond donors (Lipinski definition) is 0. The Morgan fingerprint density at radius 3 is 3.00 bits per heavy atom. The van der Waals surface area contributed by atoms with Gasteiger partial charge in [0.05, 0.1) is 0 Å². The van der Waals surface area contributed by atoms with Crippen molar-refractivity contribution in [3.63, 3.8) is 0 Å². The van der Waals surface area contributed by atoms with Gasteiger partial charge >= 0.3 is 93.7 Å². The quantitative estimate of drug-likeness (QED) is 0.595. The van der Waals surface area contributed by atoms with E-state index in [4.69, 9.17) is 0 Å². The Morgan fingerprint density at radius 1 is 1.62 bits per heavy atom. The molecule has 0 aliphatic carbocycles. The van der Waals surface area contributed by atoms with Crippen molar-refractivity contribution in [1.29, 1.82) is 0 Å². The van der Waals surface area contributed by atoms with Crippen LogP contribution in [0.5, 0.6) is 0 Å². The fourth-order valence-corrected chi connectivity index (χ4v) is 5.56. The third-order valence-electron chi connectivity index (χ3n) is 1.56. The van der Waals surface area contributed by atoms with Crippen molar-refractivity contribution in [3.8, 4) is 0 Å². The predicted molar refractivity (Wildman–Crippen MR) is 57.8 cm³/mol. The Balaban J connectivity index is 2.51. The molecule has 0 aromatic carbocycles. The molecule has 0 saturated carbocycles. The first-order valence-corrected chi connectivity index (χ1v) is 6.80. The van der Waals surface area contributed by atoms with Crippen LogP contribution in [0.3, 0.4) is 0 Å². The zero-order valence-electron chi connectivity index (χ0n) is 6.67. The topological polar surface area (TPSA) is 26.3 Å². The molecule has 0 atom stereocenters. The fraction of sp³-hybridized carbons (Fsp3) is 0.125.